The average molecular weight is 268 g/mol. The van der Waals surface area contributed by atoms with Crippen LogP contribution in [0.2, 0.25) is 0 Å². The zero-order chi connectivity index (χ0) is 14.0. The van der Waals surface area contributed by atoms with Gasteiger partial charge in [0.2, 0.25) is 0 Å². The molecule has 5 nitrogen and oxygen atoms in total. The minimum absolute atomic E-state index is 0.0802. The number of hydrogen-bond donors (Lipinski definition) is 1. The van der Waals surface area contributed by atoms with Gasteiger partial charge < -0.3 is 10.5 Å². The SMILES string of the molecule is Cc1cc(OC2CCC(N)CC2)c([N+](=O)[O-])cc1F. The maximum Gasteiger partial charge on any atom is 0.313 e. The number of nitrogens with two attached hydrogens (primary N) is 1. The topological polar surface area (TPSA) is 78.4 Å². The molecule has 19 heavy (non-hydrogen) atoms. The Bertz CT molecular complexity index is 485. The van der Waals surface area contributed by atoms with E-state index in [1.54, 1.807) is 6.92 Å². The van der Waals surface area contributed by atoms with Crippen molar-refractivity contribution < 1.29 is 14.1 Å². The lowest BCUT2D eigenvalue weighted by Crippen LogP contribution is -2.31. The zero-order valence-corrected chi connectivity index (χ0v) is 10.8. The Kier molecular flexibility index (Phi) is 3.99. The normalized spacial score (nSPS) is 23.1. The van der Waals surface area contributed by atoms with Crippen LogP contribution in [0.15, 0.2) is 12.1 Å². The van der Waals surface area contributed by atoms with Crippen molar-refractivity contribution in [2.24, 2.45) is 5.73 Å². The molecule has 1 aromatic carbocycles. The maximum atomic E-state index is 13.4. The fourth-order valence-electron chi connectivity index (χ4n) is 2.27. The minimum atomic E-state index is -0.619. The number of aryl methyl sites for hydroxylation is 1. The summed E-state index contributed by atoms with van der Waals surface area (Å²) in [6.45, 7) is 1.56. The third-order valence-electron chi connectivity index (χ3n) is 3.45. The summed E-state index contributed by atoms with van der Waals surface area (Å²) >= 11 is 0. The van der Waals surface area contributed by atoms with Gasteiger partial charge >= 0.3 is 5.69 Å². The highest BCUT2D eigenvalue weighted by Gasteiger charge is 2.24. The van der Waals surface area contributed by atoms with Gasteiger partial charge in [0.25, 0.3) is 0 Å². The van der Waals surface area contributed by atoms with E-state index in [0.717, 1.165) is 31.7 Å². The molecule has 1 fully saturated rings. The zero-order valence-electron chi connectivity index (χ0n) is 10.8. The first-order valence-corrected chi connectivity index (χ1v) is 6.34. The lowest BCUT2D eigenvalue weighted by Gasteiger charge is -2.26. The molecule has 0 bridgehead atoms. The second-order valence-electron chi connectivity index (χ2n) is 4.98. The highest BCUT2D eigenvalue weighted by atomic mass is 19.1. The van der Waals surface area contributed by atoms with Gasteiger partial charge in [0, 0.05) is 6.04 Å². The van der Waals surface area contributed by atoms with Crippen LogP contribution in [0.25, 0.3) is 0 Å². The first-order valence-electron chi connectivity index (χ1n) is 6.34. The number of halogens is 1. The molecular formula is C13H17FN2O3. The number of nitro groups is 1. The number of benzene rings is 1. The molecule has 2 rings (SSSR count). The highest BCUT2D eigenvalue weighted by molar-refractivity contribution is 5.49. The fraction of sp³-hybridized carbons (Fsp3) is 0.538. The number of hydrogen-bond acceptors (Lipinski definition) is 4. The van der Waals surface area contributed by atoms with Crippen molar-refractivity contribution in [1.82, 2.24) is 0 Å². The Morgan fingerprint density at radius 1 is 1.37 bits per heavy atom. The fourth-order valence-corrected chi connectivity index (χ4v) is 2.27. The van der Waals surface area contributed by atoms with Crippen LogP contribution in [0.4, 0.5) is 10.1 Å². The molecule has 0 atom stereocenters. The van der Waals surface area contributed by atoms with E-state index in [1.165, 1.54) is 6.07 Å². The highest BCUT2D eigenvalue weighted by Crippen LogP contribution is 2.32. The molecule has 6 heteroatoms. The Hall–Kier alpha value is -1.69. The Labute approximate surface area is 110 Å². The van der Waals surface area contributed by atoms with Gasteiger partial charge in [-0.25, -0.2) is 4.39 Å². The van der Waals surface area contributed by atoms with Crippen LogP contribution < -0.4 is 10.5 Å². The van der Waals surface area contributed by atoms with Gasteiger partial charge in [-0.2, -0.15) is 0 Å². The lowest BCUT2D eigenvalue weighted by atomic mass is 9.93. The van der Waals surface area contributed by atoms with Crippen molar-refractivity contribution in [2.45, 2.75) is 44.8 Å². The standard InChI is InChI=1S/C13H17FN2O3/c1-8-6-13(12(16(17)18)7-11(8)14)19-10-4-2-9(15)3-5-10/h6-7,9-10H,2-5,15H2,1H3. The maximum absolute atomic E-state index is 13.4. The quantitative estimate of drug-likeness (QED) is 0.675. The second kappa shape index (κ2) is 5.52. The predicted octanol–water partition coefficient (Wildman–Crippen LogP) is 2.69. The average Bonchev–Trinajstić information content (AvgIpc) is 2.36. The van der Waals surface area contributed by atoms with Crippen LogP contribution in [0, 0.1) is 22.9 Å². The molecule has 0 heterocycles. The molecule has 1 aliphatic carbocycles. The molecule has 2 N–H and O–H groups in total. The van der Waals surface area contributed by atoms with Crippen LogP contribution in [-0.2, 0) is 0 Å². The van der Waals surface area contributed by atoms with Crippen LogP contribution in [0.1, 0.15) is 31.2 Å². The Morgan fingerprint density at radius 2 is 2.00 bits per heavy atom. The lowest BCUT2D eigenvalue weighted by molar-refractivity contribution is -0.386. The number of nitro benzene ring substituents is 1. The molecule has 0 unspecified atom stereocenters. The van der Waals surface area contributed by atoms with Gasteiger partial charge in [0.05, 0.1) is 17.1 Å². The van der Waals surface area contributed by atoms with Gasteiger partial charge in [0.15, 0.2) is 5.75 Å². The van der Waals surface area contributed by atoms with E-state index in [9.17, 15) is 14.5 Å². The summed E-state index contributed by atoms with van der Waals surface area (Å²) in [4.78, 5) is 10.3. The molecule has 1 aromatic rings. The number of nitrogens with zero attached hydrogens (tertiary/aromatic N) is 1. The summed E-state index contributed by atoms with van der Waals surface area (Å²) in [5, 5.41) is 10.9. The minimum Gasteiger partial charge on any atom is -0.483 e. The second-order valence-corrected chi connectivity index (χ2v) is 4.98. The smallest absolute Gasteiger partial charge is 0.313 e. The Balaban J connectivity index is 2.19. The summed E-state index contributed by atoms with van der Waals surface area (Å²) < 4.78 is 19.0. The van der Waals surface area contributed by atoms with E-state index in [2.05, 4.69) is 0 Å². The van der Waals surface area contributed by atoms with E-state index in [-0.39, 0.29) is 23.6 Å². The van der Waals surface area contributed by atoms with Crippen molar-refractivity contribution in [3.05, 3.63) is 33.6 Å². The van der Waals surface area contributed by atoms with Gasteiger partial charge in [0.1, 0.15) is 5.82 Å². The number of ether oxygens (including phenoxy) is 1. The van der Waals surface area contributed by atoms with E-state index in [4.69, 9.17) is 10.5 Å². The summed E-state index contributed by atoms with van der Waals surface area (Å²) in [5.41, 5.74) is 5.82. The third-order valence-corrected chi connectivity index (χ3v) is 3.45. The summed E-state index contributed by atoms with van der Waals surface area (Å²) in [5.74, 6) is -0.450. The van der Waals surface area contributed by atoms with Crippen molar-refractivity contribution in [3.8, 4) is 5.75 Å². The first kappa shape index (κ1) is 13.7. The van der Waals surface area contributed by atoms with E-state index >= 15 is 0 Å². The molecular weight excluding hydrogens is 251 g/mol. The largest absolute Gasteiger partial charge is 0.483 e. The summed E-state index contributed by atoms with van der Waals surface area (Å²) in [6.07, 6.45) is 3.16. The van der Waals surface area contributed by atoms with Crippen molar-refractivity contribution in [1.29, 1.82) is 0 Å². The van der Waals surface area contributed by atoms with Crippen LogP contribution in [0.5, 0.6) is 5.75 Å². The molecule has 0 aliphatic heterocycles. The molecule has 0 amide bonds. The van der Waals surface area contributed by atoms with Gasteiger partial charge in [-0.05, 0) is 44.2 Å². The van der Waals surface area contributed by atoms with Crippen molar-refractivity contribution in [3.63, 3.8) is 0 Å². The van der Waals surface area contributed by atoms with Crippen molar-refractivity contribution >= 4 is 5.69 Å². The first-order chi connectivity index (χ1) is 8.97. The molecule has 0 spiro atoms. The van der Waals surface area contributed by atoms with E-state index in [0.29, 0.717) is 5.56 Å². The molecule has 104 valence electrons. The van der Waals surface area contributed by atoms with Crippen LogP contribution in [0.3, 0.4) is 0 Å². The number of rotatable bonds is 3. The monoisotopic (exact) mass is 268 g/mol. The van der Waals surface area contributed by atoms with Gasteiger partial charge in [-0.3, -0.25) is 10.1 Å². The predicted molar refractivity (Wildman–Crippen MR) is 68.7 cm³/mol. The van der Waals surface area contributed by atoms with Gasteiger partial charge in [-0.15, -0.1) is 0 Å². The molecule has 0 saturated heterocycles. The molecule has 1 saturated carbocycles. The summed E-state index contributed by atoms with van der Waals surface area (Å²) in [6, 6.07) is 2.49. The molecule has 1 aliphatic rings. The molecule has 0 aromatic heterocycles. The summed E-state index contributed by atoms with van der Waals surface area (Å²) in [7, 11) is 0. The third kappa shape index (κ3) is 3.20. The van der Waals surface area contributed by atoms with Crippen LogP contribution >= 0.6 is 0 Å². The molecule has 0 radical (unpaired) electrons. The Morgan fingerprint density at radius 3 is 2.58 bits per heavy atom. The van der Waals surface area contributed by atoms with Crippen molar-refractivity contribution in [2.75, 3.05) is 0 Å². The van der Waals surface area contributed by atoms with E-state index < -0.39 is 10.7 Å². The van der Waals surface area contributed by atoms with Crippen LogP contribution in [-0.4, -0.2) is 17.1 Å². The van der Waals surface area contributed by atoms with Gasteiger partial charge in [-0.1, -0.05) is 0 Å². The van der Waals surface area contributed by atoms with E-state index in [1.807, 2.05) is 0 Å².